The highest BCUT2D eigenvalue weighted by molar-refractivity contribution is 5.78. The first-order valence-electron chi connectivity index (χ1n) is 5.17. The van der Waals surface area contributed by atoms with E-state index in [2.05, 4.69) is 15.3 Å². The molecule has 1 unspecified atom stereocenters. The number of hydrogen-bond acceptors (Lipinski definition) is 3. The summed E-state index contributed by atoms with van der Waals surface area (Å²) in [6, 6.07) is 0.386. The number of nitrogens with zero attached hydrogens (tertiary/aromatic N) is 2. The van der Waals surface area contributed by atoms with Crippen LogP contribution in [0, 0.1) is 6.92 Å². The van der Waals surface area contributed by atoms with E-state index < -0.39 is 0 Å². The van der Waals surface area contributed by atoms with E-state index in [0.717, 1.165) is 18.6 Å². The lowest BCUT2D eigenvalue weighted by Crippen LogP contribution is -2.34. The topological polar surface area (TPSA) is 76.4 Å². The zero-order valence-corrected chi connectivity index (χ0v) is 9.03. The van der Waals surface area contributed by atoms with Gasteiger partial charge in [0.1, 0.15) is 11.8 Å². The molecule has 1 aliphatic rings. The molecule has 5 nitrogen and oxygen atoms in total. The lowest BCUT2D eigenvalue weighted by atomic mass is 10.3. The van der Waals surface area contributed by atoms with Crippen LogP contribution in [-0.2, 0) is 0 Å². The Labute approximate surface area is 88.8 Å². The second-order valence-corrected chi connectivity index (χ2v) is 3.92. The third kappa shape index (κ3) is 2.71. The fraction of sp³-hybridized carbons (Fsp3) is 0.600. The van der Waals surface area contributed by atoms with Gasteiger partial charge in [0, 0.05) is 0 Å². The summed E-state index contributed by atoms with van der Waals surface area (Å²) in [4.78, 5) is 8.40. The molecule has 0 spiro atoms. The summed E-state index contributed by atoms with van der Waals surface area (Å²) in [7, 11) is 0. The summed E-state index contributed by atoms with van der Waals surface area (Å²) >= 11 is 0. The van der Waals surface area contributed by atoms with Crippen LogP contribution in [0.2, 0.25) is 0 Å². The fourth-order valence-electron chi connectivity index (χ4n) is 1.29. The number of hydrogen-bond donors (Lipinski definition) is 2. The van der Waals surface area contributed by atoms with Crippen LogP contribution in [0.25, 0.3) is 0 Å². The molecule has 1 atom stereocenters. The maximum Gasteiger partial charge on any atom is 0.216 e. The average molecular weight is 208 g/mol. The van der Waals surface area contributed by atoms with Crippen molar-refractivity contribution >= 4 is 5.96 Å². The number of rotatable bonds is 3. The van der Waals surface area contributed by atoms with Gasteiger partial charge in [0.05, 0.1) is 12.2 Å². The van der Waals surface area contributed by atoms with Gasteiger partial charge in [-0.1, -0.05) is 0 Å². The molecule has 82 valence electrons. The summed E-state index contributed by atoms with van der Waals surface area (Å²) in [6.45, 7) is 3.81. The van der Waals surface area contributed by atoms with Crippen molar-refractivity contribution in [2.45, 2.75) is 38.8 Å². The van der Waals surface area contributed by atoms with Crippen LogP contribution < -0.4 is 11.1 Å². The minimum atomic E-state index is -0.0406. The molecule has 1 aromatic rings. The highest BCUT2D eigenvalue weighted by atomic mass is 16.4. The van der Waals surface area contributed by atoms with E-state index in [1.807, 2.05) is 13.8 Å². The van der Waals surface area contributed by atoms with Crippen LogP contribution >= 0.6 is 0 Å². The third-order valence-electron chi connectivity index (χ3n) is 2.24. The molecular formula is C10H16N4O. The van der Waals surface area contributed by atoms with Crippen molar-refractivity contribution in [1.82, 2.24) is 10.3 Å². The van der Waals surface area contributed by atoms with Gasteiger partial charge >= 0.3 is 0 Å². The molecule has 3 N–H and O–H groups in total. The van der Waals surface area contributed by atoms with Crippen LogP contribution in [0.5, 0.6) is 0 Å². The van der Waals surface area contributed by atoms with Crippen molar-refractivity contribution in [2.24, 2.45) is 10.7 Å². The van der Waals surface area contributed by atoms with Gasteiger partial charge < -0.3 is 15.5 Å². The number of aliphatic imine (C=N–C) groups is 1. The molecule has 1 saturated carbocycles. The van der Waals surface area contributed by atoms with Gasteiger partial charge in [-0.3, -0.25) is 4.99 Å². The van der Waals surface area contributed by atoms with Crippen LogP contribution in [0.15, 0.2) is 15.6 Å². The first-order chi connectivity index (χ1) is 7.15. The maximum absolute atomic E-state index is 5.73. The molecule has 1 fully saturated rings. The molecule has 2 rings (SSSR count). The number of guanidine groups is 1. The first kappa shape index (κ1) is 10.0. The van der Waals surface area contributed by atoms with Crippen molar-refractivity contribution in [2.75, 3.05) is 0 Å². The van der Waals surface area contributed by atoms with Crippen molar-refractivity contribution in [1.29, 1.82) is 0 Å². The molecule has 1 aromatic heterocycles. The van der Waals surface area contributed by atoms with E-state index in [1.165, 1.54) is 0 Å². The second-order valence-electron chi connectivity index (χ2n) is 3.92. The fourth-order valence-corrected chi connectivity index (χ4v) is 1.29. The molecule has 0 radical (unpaired) electrons. The lowest BCUT2D eigenvalue weighted by Gasteiger charge is -2.10. The Morgan fingerprint density at radius 1 is 1.73 bits per heavy atom. The lowest BCUT2D eigenvalue weighted by molar-refractivity contribution is 0.428. The molecule has 1 aliphatic carbocycles. The van der Waals surface area contributed by atoms with Crippen molar-refractivity contribution in [3.8, 4) is 0 Å². The van der Waals surface area contributed by atoms with E-state index in [9.17, 15) is 0 Å². The first-order valence-corrected chi connectivity index (χ1v) is 5.17. The second kappa shape index (κ2) is 3.92. The summed E-state index contributed by atoms with van der Waals surface area (Å²) in [5, 5.41) is 3.05. The Morgan fingerprint density at radius 2 is 2.47 bits per heavy atom. The van der Waals surface area contributed by atoms with Gasteiger partial charge in [0.15, 0.2) is 5.96 Å². The Hall–Kier alpha value is -1.52. The normalized spacial score (nSPS) is 18.9. The Kier molecular flexibility index (Phi) is 2.62. The SMILES string of the molecule is Cc1cnc(C(C)NC(N)=NC2CC2)o1. The standard InChI is InChI=1S/C10H16N4O/c1-6-5-12-9(15-6)7(2)13-10(11)14-8-3-4-8/h5,7-8H,3-4H2,1-2H3,(H3,11,13,14). The minimum Gasteiger partial charge on any atom is -0.444 e. The average Bonchev–Trinajstić information content (AvgIpc) is 2.85. The van der Waals surface area contributed by atoms with Gasteiger partial charge in [-0.2, -0.15) is 0 Å². The van der Waals surface area contributed by atoms with Gasteiger partial charge in [0.2, 0.25) is 5.89 Å². The van der Waals surface area contributed by atoms with Crippen molar-refractivity contribution < 1.29 is 4.42 Å². The maximum atomic E-state index is 5.73. The Bertz CT molecular complexity index is 367. The highest BCUT2D eigenvalue weighted by Crippen LogP contribution is 2.23. The van der Waals surface area contributed by atoms with E-state index in [1.54, 1.807) is 6.20 Å². The molecule has 15 heavy (non-hydrogen) atoms. The predicted molar refractivity (Wildman–Crippen MR) is 57.4 cm³/mol. The van der Waals surface area contributed by atoms with Gasteiger partial charge in [-0.15, -0.1) is 0 Å². The van der Waals surface area contributed by atoms with E-state index in [0.29, 0.717) is 17.9 Å². The third-order valence-corrected chi connectivity index (χ3v) is 2.24. The minimum absolute atomic E-state index is 0.0406. The summed E-state index contributed by atoms with van der Waals surface area (Å²) in [5.41, 5.74) is 5.73. The van der Waals surface area contributed by atoms with Crippen LogP contribution in [-0.4, -0.2) is 17.0 Å². The zero-order chi connectivity index (χ0) is 10.8. The largest absolute Gasteiger partial charge is 0.444 e. The van der Waals surface area contributed by atoms with Gasteiger partial charge in [0.25, 0.3) is 0 Å². The zero-order valence-electron chi connectivity index (χ0n) is 9.03. The number of aryl methyl sites for hydroxylation is 1. The monoisotopic (exact) mass is 208 g/mol. The Morgan fingerprint density at radius 3 is 3.00 bits per heavy atom. The van der Waals surface area contributed by atoms with E-state index in [4.69, 9.17) is 10.2 Å². The van der Waals surface area contributed by atoms with Crippen molar-refractivity contribution in [3.05, 3.63) is 17.8 Å². The quantitative estimate of drug-likeness (QED) is 0.576. The van der Waals surface area contributed by atoms with Crippen molar-refractivity contribution in [3.63, 3.8) is 0 Å². The van der Waals surface area contributed by atoms with Gasteiger partial charge in [-0.25, -0.2) is 4.98 Å². The smallest absolute Gasteiger partial charge is 0.216 e. The number of nitrogens with two attached hydrogens (primary N) is 1. The summed E-state index contributed by atoms with van der Waals surface area (Å²) in [5.74, 6) is 1.92. The summed E-state index contributed by atoms with van der Waals surface area (Å²) in [6.07, 6.45) is 3.99. The molecule has 1 heterocycles. The molecular weight excluding hydrogens is 192 g/mol. The number of oxazole rings is 1. The molecule has 0 aromatic carbocycles. The van der Waals surface area contributed by atoms with Crippen LogP contribution in [0.3, 0.4) is 0 Å². The van der Waals surface area contributed by atoms with Crippen LogP contribution in [0.1, 0.15) is 37.5 Å². The molecule has 0 bridgehead atoms. The van der Waals surface area contributed by atoms with Crippen LogP contribution in [0.4, 0.5) is 0 Å². The van der Waals surface area contributed by atoms with E-state index >= 15 is 0 Å². The van der Waals surface area contributed by atoms with Gasteiger partial charge in [-0.05, 0) is 26.7 Å². The molecule has 0 saturated heterocycles. The number of nitrogens with one attached hydrogen (secondary N) is 1. The predicted octanol–water partition coefficient (Wildman–Crippen LogP) is 1.11. The molecule has 5 heteroatoms. The summed E-state index contributed by atoms with van der Waals surface area (Å²) < 4.78 is 5.38. The van der Waals surface area contributed by atoms with E-state index in [-0.39, 0.29) is 6.04 Å². The highest BCUT2D eigenvalue weighted by Gasteiger charge is 2.21. The molecule has 0 aliphatic heterocycles. The Balaban J connectivity index is 1.93. The number of aromatic nitrogens is 1. The molecule has 0 amide bonds.